The largest absolute Gasteiger partial charge is 0.368 e. The summed E-state index contributed by atoms with van der Waals surface area (Å²) in [6, 6.07) is 2.99. The first-order valence-corrected chi connectivity index (χ1v) is 5.36. The van der Waals surface area contributed by atoms with Crippen LogP contribution >= 0.6 is 0 Å². The van der Waals surface area contributed by atoms with Crippen LogP contribution in [-0.2, 0) is 0 Å². The van der Waals surface area contributed by atoms with Crippen LogP contribution in [0, 0.1) is 10.1 Å². The van der Waals surface area contributed by atoms with Crippen molar-refractivity contribution >= 4 is 22.7 Å². The number of hydrogen-bond acceptors (Lipinski definition) is 6. The van der Waals surface area contributed by atoms with E-state index in [1.807, 2.05) is 0 Å². The molecule has 0 aromatic carbocycles. The zero-order chi connectivity index (χ0) is 13.4. The van der Waals surface area contributed by atoms with E-state index in [1.165, 1.54) is 18.5 Å². The lowest BCUT2D eigenvalue weighted by atomic mass is 10.1. The molecule has 0 amide bonds. The Morgan fingerprint density at radius 3 is 2.79 bits per heavy atom. The summed E-state index contributed by atoms with van der Waals surface area (Å²) in [6.45, 7) is 0. The Balaban J connectivity index is 2.33. The van der Waals surface area contributed by atoms with Crippen LogP contribution in [0.3, 0.4) is 0 Å². The normalized spacial score (nSPS) is 10.7. The maximum atomic E-state index is 11.1. The van der Waals surface area contributed by atoms with E-state index in [9.17, 15) is 10.1 Å². The molecule has 0 bridgehead atoms. The standard InChI is InChI=1S/C11H8N6O2/c12-11-14-3-1-7(16-11)6-5-15-10-9(6)8(17(18)19)2-4-13-10/h1-5H,(H,13,15)(H2,12,14,16). The monoisotopic (exact) mass is 256 g/mol. The Morgan fingerprint density at radius 1 is 1.26 bits per heavy atom. The number of nitrogens with two attached hydrogens (primary N) is 1. The van der Waals surface area contributed by atoms with Gasteiger partial charge in [0.05, 0.1) is 10.6 Å². The quantitative estimate of drug-likeness (QED) is 0.529. The Hall–Kier alpha value is -3.03. The van der Waals surface area contributed by atoms with Crippen LogP contribution in [-0.4, -0.2) is 24.9 Å². The number of nitrogen functional groups attached to an aromatic ring is 1. The molecule has 0 aliphatic heterocycles. The smallest absolute Gasteiger partial charge is 0.282 e. The highest BCUT2D eigenvalue weighted by molar-refractivity contribution is 5.99. The van der Waals surface area contributed by atoms with Crippen molar-refractivity contribution in [3.8, 4) is 11.3 Å². The molecule has 3 aromatic rings. The van der Waals surface area contributed by atoms with Gasteiger partial charge in [-0.25, -0.2) is 15.0 Å². The van der Waals surface area contributed by atoms with E-state index in [0.29, 0.717) is 22.3 Å². The van der Waals surface area contributed by atoms with Crippen molar-refractivity contribution in [1.29, 1.82) is 0 Å². The number of hydrogen-bond donors (Lipinski definition) is 2. The van der Waals surface area contributed by atoms with E-state index < -0.39 is 4.92 Å². The Bertz CT molecular complexity index is 782. The molecule has 3 aromatic heterocycles. The average Bonchev–Trinajstić information content (AvgIpc) is 2.82. The molecule has 0 aliphatic carbocycles. The molecule has 0 radical (unpaired) electrons. The molecule has 94 valence electrons. The molecule has 0 aliphatic rings. The molecular weight excluding hydrogens is 248 g/mol. The number of pyridine rings is 1. The van der Waals surface area contributed by atoms with Crippen LogP contribution in [0.1, 0.15) is 0 Å². The van der Waals surface area contributed by atoms with Crippen molar-refractivity contribution in [3.63, 3.8) is 0 Å². The van der Waals surface area contributed by atoms with Crippen LogP contribution in [0.15, 0.2) is 30.7 Å². The zero-order valence-electron chi connectivity index (χ0n) is 9.57. The molecule has 0 saturated heterocycles. The average molecular weight is 256 g/mol. The maximum Gasteiger partial charge on any atom is 0.282 e. The van der Waals surface area contributed by atoms with Gasteiger partial charge in [-0.05, 0) is 6.07 Å². The number of nitrogens with zero attached hydrogens (tertiary/aromatic N) is 4. The summed E-state index contributed by atoms with van der Waals surface area (Å²) in [5.41, 5.74) is 7.01. The van der Waals surface area contributed by atoms with Crippen LogP contribution in [0.25, 0.3) is 22.3 Å². The molecule has 0 saturated carbocycles. The maximum absolute atomic E-state index is 11.1. The first-order chi connectivity index (χ1) is 9.16. The van der Waals surface area contributed by atoms with Crippen LogP contribution in [0.2, 0.25) is 0 Å². The fourth-order valence-electron chi connectivity index (χ4n) is 1.92. The summed E-state index contributed by atoms with van der Waals surface area (Å²) in [7, 11) is 0. The SMILES string of the molecule is Nc1nccc(-c2c[nH]c3nccc([N+](=O)[O-])c23)n1. The second-order valence-electron chi connectivity index (χ2n) is 3.81. The fraction of sp³-hybridized carbons (Fsp3) is 0. The number of anilines is 1. The number of rotatable bonds is 2. The molecule has 8 heteroatoms. The second-order valence-corrected chi connectivity index (χ2v) is 3.81. The van der Waals surface area contributed by atoms with Gasteiger partial charge in [-0.15, -0.1) is 0 Å². The van der Waals surface area contributed by atoms with Crippen molar-refractivity contribution in [2.45, 2.75) is 0 Å². The highest BCUT2D eigenvalue weighted by atomic mass is 16.6. The fourth-order valence-corrected chi connectivity index (χ4v) is 1.92. The summed E-state index contributed by atoms with van der Waals surface area (Å²) in [5.74, 6) is 0.110. The number of nitrogens with one attached hydrogen (secondary N) is 1. The molecule has 0 atom stereocenters. The Labute approximate surface area is 106 Å². The lowest BCUT2D eigenvalue weighted by Gasteiger charge is -2.00. The predicted octanol–water partition coefficient (Wildman–Crippen LogP) is 1.51. The number of H-pyrrole nitrogens is 1. The van der Waals surface area contributed by atoms with Gasteiger partial charge in [0.1, 0.15) is 11.0 Å². The molecule has 3 rings (SSSR count). The summed E-state index contributed by atoms with van der Waals surface area (Å²) < 4.78 is 0. The van der Waals surface area contributed by atoms with E-state index in [4.69, 9.17) is 5.73 Å². The van der Waals surface area contributed by atoms with E-state index >= 15 is 0 Å². The number of aromatic nitrogens is 4. The topological polar surface area (TPSA) is 124 Å². The highest BCUT2D eigenvalue weighted by Gasteiger charge is 2.19. The minimum Gasteiger partial charge on any atom is -0.368 e. The van der Waals surface area contributed by atoms with Gasteiger partial charge < -0.3 is 10.7 Å². The van der Waals surface area contributed by atoms with Gasteiger partial charge in [-0.1, -0.05) is 0 Å². The van der Waals surface area contributed by atoms with E-state index in [0.717, 1.165) is 0 Å². The molecule has 3 N–H and O–H groups in total. The summed E-state index contributed by atoms with van der Waals surface area (Å²) >= 11 is 0. The lowest BCUT2D eigenvalue weighted by Crippen LogP contribution is -1.95. The highest BCUT2D eigenvalue weighted by Crippen LogP contribution is 2.32. The van der Waals surface area contributed by atoms with Gasteiger partial charge in [0.25, 0.3) is 5.69 Å². The minimum atomic E-state index is -0.452. The second kappa shape index (κ2) is 4.02. The number of nitro groups is 1. The first-order valence-electron chi connectivity index (χ1n) is 5.36. The van der Waals surface area contributed by atoms with Crippen molar-refractivity contribution in [3.05, 3.63) is 40.8 Å². The number of aromatic amines is 1. The summed E-state index contributed by atoms with van der Waals surface area (Å²) in [6.07, 6.45) is 4.50. The van der Waals surface area contributed by atoms with Gasteiger partial charge in [0.15, 0.2) is 0 Å². The predicted molar refractivity (Wildman–Crippen MR) is 68.2 cm³/mol. The third-order valence-electron chi connectivity index (χ3n) is 2.70. The van der Waals surface area contributed by atoms with Crippen molar-refractivity contribution in [2.24, 2.45) is 0 Å². The van der Waals surface area contributed by atoms with E-state index in [1.54, 1.807) is 12.3 Å². The van der Waals surface area contributed by atoms with Crippen molar-refractivity contribution in [1.82, 2.24) is 19.9 Å². The number of fused-ring (bicyclic) bond motifs is 1. The minimum absolute atomic E-state index is 0.0292. The lowest BCUT2D eigenvalue weighted by molar-refractivity contribution is -0.383. The summed E-state index contributed by atoms with van der Waals surface area (Å²) in [4.78, 5) is 25.4. The van der Waals surface area contributed by atoms with Gasteiger partial charge in [0.2, 0.25) is 5.95 Å². The van der Waals surface area contributed by atoms with Crippen LogP contribution in [0.4, 0.5) is 11.6 Å². The molecule has 0 spiro atoms. The van der Waals surface area contributed by atoms with Gasteiger partial charge in [-0.2, -0.15) is 0 Å². The molecular formula is C11H8N6O2. The molecule has 8 nitrogen and oxygen atoms in total. The molecule has 19 heavy (non-hydrogen) atoms. The summed E-state index contributed by atoms with van der Waals surface area (Å²) in [5, 5.41) is 11.5. The third kappa shape index (κ3) is 1.75. The molecule has 3 heterocycles. The Morgan fingerprint density at radius 2 is 2.05 bits per heavy atom. The van der Waals surface area contributed by atoms with Crippen LogP contribution in [0.5, 0.6) is 0 Å². The molecule has 0 unspecified atom stereocenters. The first kappa shape index (κ1) is 11.1. The molecule has 0 fully saturated rings. The van der Waals surface area contributed by atoms with Crippen molar-refractivity contribution in [2.75, 3.05) is 5.73 Å². The third-order valence-corrected chi connectivity index (χ3v) is 2.70. The zero-order valence-corrected chi connectivity index (χ0v) is 9.57. The van der Waals surface area contributed by atoms with Crippen LogP contribution < -0.4 is 5.73 Å². The van der Waals surface area contributed by atoms with E-state index in [2.05, 4.69) is 19.9 Å². The van der Waals surface area contributed by atoms with Gasteiger partial charge >= 0.3 is 0 Å². The Kier molecular flexibility index (Phi) is 2.34. The van der Waals surface area contributed by atoms with Gasteiger partial charge in [0, 0.05) is 30.2 Å². The van der Waals surface area contributed by atoms with Crippen molar-refractivity contribution < 1.29 is 4.92 Å². The van der Waals surface area contributed by atoms with Gasteiger partial charge in [-0.3, -0.25) is 10.1 Å². The van der Waals surface area contributed by atoms with E-state index in [-0.39, 0.29) is 11.6 Å².